The number of carbonyl (C=O) groups excluding carboxylic acids is 1. The molecule has 5 saturated heterocycles. The number of nitriles is 1. The fourth-order valence-corrected chi connectivity index (χ4v) is 23.3. The van der Waals surface area contributed by atoms with E-state index in [1.807, 2.05) is 115 Å². The number of aromatic nitrogens is 8. The van der Waals surface area contributed by atoms with Crippen molar-refractivity contribution in [2.75, 3.05) is 202 Å². The summed E-state index contributed by atoms with van der Waals surface area (Å²) < 4.78 is 69.4. The molecule has 30 nitrogen and oxygen atoms in total. The van der Waals surface area contributed by atoms with E-state index in [0.717, 1.165) is 103 Å². The quantitative estimate of drug-likeness (QED) is 0.0261. The van der Waals surface area contributed by atoms with Gasteiger partial charge in [0.25, 0.3) is 5.89 Å². The second-order valence-corrected chi connectivity index (χ2v) is 45.6. The van der Waals surface area contributed by atoms with E-state index in [1.54, 1.807) is 86.6 Å². The second-order valence-electron chi connectivity index (χ2n) is 35.7. The number of benzene rings is 9. The number of halogens is 1. The molecule has 0 bridgehead atoms. The molecule has 5 aliphatic heterocycles. The number of hydrogen-bond acceptors (Lipinski definition) is 29. The number of nitrogens with zero attached hydrogens (tertiary/aromatic N) is 14. The molecule has 34 heteroatoms. The van der Waals surface area contributed by atoms with Crippen molar-refractivity contribution in [1.29, 1.82) is 5.26 Å². The van der Waals surface area contributed by atoms with Crippen molar-refractivity contribution in [2.24, 2.45) is 10.8 Å². The number of amides is 1. The first-order valence-electron chi connectivity index (χ1n) is 43.7. The first-order valence-corrected chi connectivity index (χ1v) is 51.9. The monoisotopic (exact) mass is 1840 g/mol. The molecule has 18 rings (SSSR count). The van der Waals surface area contributed by atoms with Crippen LogP contribution in [-0.4, -0.2) is 221 Å². The number of ether oxygens (including phenoxy) is 4. The zero-order valence-electron chi connectivity index (χ0n) is 76.3. The van der Waals surface area contributed by atoms with Crippen molar-refractivity contribution in [3.05, 3.63) is 198 Å². The summed E-state index contributed by atoms with van der Waals surface area (Å²) >= 11 is 6.49. The Morgan fingerprint density at radius 2 is 0.939 bits per heavy atom. The first-order chi connectivity index (χ1) is 62.8. The Morgan fingerprint density at radius 1 is 0.504 bits per heavy atom. The summed E-state index contributed by atoms with van der Waals surface area (Å²) in [5.41, 5.74) is 10.6. The lowest BCUT2D eigenvalue weighted by molar-refractivity contribution is -0.124. The van der Waals surface area contributed by atoms with Crippen LogP contribution in [0.25, 0.3) is 43.8 Å². The van der Waals surface area contributed by atoms with Crippen LogP contribution >= 0.6 is 33.0 Å². The smallest absolute Gasteiger partial charge is 0.253 e. The predicted molar refractivity (Wildman–Crippen MR) is 529 cm³/mol. The van der Waals surface area contributed by atoms with Gasteiger partial charge < -0.3 is 93.9 Å². The van der Waals surface area contributed by atoms with Crippen LogP contribution < -0.4 is 81.9 Å². The van der Waals surface area contributed by atoms with Crippen LogP contribution in [0, 0.1) is 42.9 Å². The molecule has 5 fully saturated rings. The van der Waals surface area contributed by atoms with E-state index in [4.69, 9.17) is 39.9 Å². The van der Waals surface area contributed by atoms with Gasteiger partial charge in [-0.05, 0) is 190 Å². The minimum Gasteiger partial charge on any atom is -0.495 e. The normalized spacial score (nSPS) is 15.7. The van der Waals surface area contributed by atoms with E-state index in [9.17, 15) is 23.8 Å². The van der Waals surface area contributed by atoms with E-state index in [1.165, 1.54) is 75.6 Å². The van der Waals surface area contributed by atoms with Gasteiger partial charge in [0.05, 0.1) is 74.4 Å². The summed E-state index contributed by atoms with van der Waals surface area (Å²) in [4.78, 5) is 51.0. The maximum atomic E-state index is 13.7. The molecular formula is C97H111ClN21O9P3. The molecule has 5 aliphatic rings. The van der Waals surface area contributed by atoms with Crippen LogP contribution in [0.3, 0.4) is 0 Å². The number of aryl methyl sites for hydroxylation is 3. The number of piperazine rings is 1. The zero-order valence-corrected chi connectivity index (χ0v) is 79.8. The highest BCUT2D eigenvalue weighted by Gasteiger charge is 2.45. The molecule has 0 aliphatic carbocycles. The Kier molecular flexibility index (Phi) is 27.0. The second kappa shape index (κ2) is 38.5. The Labute approximate surface area is 768 Å². The third kappa shape index (κ3) is 20.8. The lowest BCUT2D eigenvalue weighted by Crippen LogP contribution is -2.58. The topological polar surface area (TPSA) is 346 Å². The first kappa shape index (κ1) is 91.9. The Morgan fingerprint density at radius 3 is 1.38 bits per heavy atom. The molecule has 0 saturated carbocycles. The van der Waals surface area contributed by atoms with Crippen molar-refractivity contribution >= 4 is 168 Å². The van der Waals surface area contributed by atoms with E-state index in [0.29, 0.717) is 129 Å². The molecule has 680 valence electrons. The van der Waals surface area contributed by atoms with Gasteiger partial charge in [0.1, 0.15) is 79.1 Å². The third-order valence-electron chi connectivity index (χ3n) is 24.8. The van der Waals surface area contributed by atoms with Gasteiger partial charge in [-0.1, -0.05) is 103 Å². The molecular weight excluding hydrogens is 1730 g/mol. The SMILES string of the molecule is COc1cc(N2CCC3(CC2)CN(C)C3)c(C)cc1Nc1ncc(-c2nnc(C)o2)c(Nc2ccc3ccccc3c2P(C)(C)=O)n1.COc1cc(N2CCC3(CC2)CN(C)C3)c(C)cc1Nc1ncc(C#N)c(Nc2ccc3ccccc3c2P(C)(C)=O)n1.COc1ccc(OCCN2CCNC(=O)C2)cc1Nc1ncc(Cl)c(Nc2ccc3ccccc3c2P(C)(C)=O)n1. The maximum Gasteiger partial charge on any atom is 0.253 e. The minimum absolute atomic E-state index is 0.0271. The summed E-state index contributed by atoms with van der Waals surface area (Å²) in [5, 5.41) is 49.1. The van der Waals surface area contributed by atoms with E-state index < -0.39 is 21.4 Å². The van der Waals surface area contributed by atoms with Gasteiger partial charge >= 0.3 is 0 Å². The van der Waals surface area contributed by atoms with Gasteiger partial charge in [-0.25, -0.2) is 15.0 Å². The molecule has 4 aromatic heterocycles. The summed E-state index contributed by atoms with van der Waals surface area (Å²) in [7, 11) is 1.22. The number of methoxy groups -OCH3 is 3. The molecule has 9 aromatic carbocycles. The number of nitrogens with one attached hydrogen (secondary N) is 7. The highest BCUT2D eigenvalue weighted by molar-refractivity contribution is 7.71. The molecule has 9 heterocycles. The average molecular weight is 1840 g/mol. The third-order valence-corrected chi connectivity index (χ3v) is 29.7. The molecule has 0 unspecified atom stereocenters. The zero-order chi connectivity index (χ0) is 92.3. The van der Waals surface area contributed by atoms with Crippen molar-refractivity contribution in [3.63, 3.8) is 0 Å². The summed E-state index contributed by atoms with van der Waals surface area (Å²) in [5.74, 6) is 5.44. The molecule has 0 radical (unpaired) electrons. The van der Waals surface area contributed by atoms with Crippen LogP contribution in [0.4, 0.5) is 80.8 Å². The van der Waals surface area contributed by atoms with Crippen molar-refractivity contribution in [2.45, 2.75) is 46.5 Å². The largest absolute Gasteiger partial charge is 0.495 e. The average Bonchev–Trinajstić information content (AvgIpc) is 1.46. The lowest BCUT2D eigenvalue weighted by atomic mass is 9.72. The van der Waals surface area contributed by atoms with Crippen LogP contribution in [-0.2, 0) is 18.5 Å². The maximum absolute atomic E-state index is 13.7. The highest BCUT2D eigenvalue weighted by Crippen LogP contribution is 2.49. The fourth-order valence-electron chi connectivity index (χ4n) is 18.7. The molecule has 2 spiro atoms. The van der Waals surface area contributed by atoms with E-state index in [-0.39, 0.29) is 23.3 Å². The number of carbonyl (C=O) groups is 1. The highest BCUT2D eigenvalue weighted by atomic mass is 35.5. The minimum atomic E-state index is -2.72. The van der Waals surface area contributed by atoms with Crippen molar-refractivity contribution < 1.29 is 41.9 Å². The fraction of sp³-hybridized carbons (Fsp3) is 0.340. The molecule has 131 heavy (non-hydrogen) atoms. The molecule has 13 aromatic rings. The van der Waals surface area contributed by atoms with Gasteiger partial charge in [-0.15, -0.1) is 10.2 Å². The van der Waals surface area contributed by atoms with Gasteiger partial charge in [0.2, 0.25) is 29.6 Å². The van der Waals surface area contributed by atoms with Crippen LogP contribution in [0.2, 0.25) is 5.02 Å². The molecule has 1 amide bonds. The number of rotatable bonds is 25. The number of likely N-dealkylation sites (tertiary alicyclic amines) is 2. The molecule has 7 N–H and O–H groups in total. The van der Waals surface area contributed by atoms with Crippen LogP contribution in [0.1, 0.15) is 48.3 Å². The lowest BCUT2D eigenvalue weighted by Gasteiger charge is -2.53. The number of anilines is 14. The van der Waals surface area contributed by atoms with Crippen LogP contribution in [0.15, 0.2) is 175 Å². The van der Waals surface area contributed by atoms with Crippen molar-refractivity contribution in [1.82, 2.24) is 60.1 Å². The van der Waals surface area contributed by atoms with Gasteiger partial charge in [-0.3, -0.25) is 9.69 Å². The van der Waals surface area contributed by atoms with Gasteiger partial charge in [0, 0.05) is 131 Å². The molecule has 0 atom stereocenters. The predicted octanol–water partition coefficient (Wildman–Crippen LogP) is 17.5. The number of piperidine rings is 2. The van der Waals surface area contributed by atoms with E-state index >= 15 is 0 Å². The number of hydrogen-bond donors (Lipinski definition) is 7. The standard InChI is InChI=1S/C35H41N8O3P.C33H38N7O2P.C29H32ClN6O4P/c1-22-17-28(30(45-4)18-29(22)43-15-13-35(14-16-43)20-42(3)21-35)38-34-36-19-26(33-41-40-23(2)46-33)32(39-34)37-27-12-11-24-9-7-8-10-25(24)31(27)47(5,6)44;1-22-16-27(29(42-3)17-28(22)40-14-12-33(13-15-40)20-39(2)21-33)37-32-35-19-24(18-34)31(38-32)36-26-11-10-23-8-6-7-9-25(23)30(26)43(4,5)41;1-39-25-11-9-20(40-15-14-36-13-12-31-26(37)18-36)16-24(25)34-29-32-17-22(30)28(35-29)33-23-10-8-19-6-4-5-7-21(19)27(23)41(2,3)38/h7-12,17-19H,13-16,20-21H2,1-6H3,(H2,36,37,38,39);6-11,16-17,19H,12-15,20-21H2,1-5H3,(H2,35,36,37,38);4-11,16-17H,12-15,18H2,1-3H3,(H,31,37)(H2,32,33,34,35). The Hall–Kier alpha value is -12.4. The Balaban J connectivity index is 0.000000144. The summed E-state index contributed by atoms with van der Waals surface area (Å²) in [6.45, 7) is 28.4. The van der Waals surface area contributed by atoms with E-state index in [2.05, 4.69) is 155 Å². The van der Waals surface area contributed by atoms with Crippen LogP contribution in [0.5, 0.6) is 23.0 Å². The van der Waals surface area contributed by atoms with Gasteiger partial charge in [0.15, 0.2) is 11.6 Å². The summed E-state index contributed by atoms with van der Waals surface area (Å²) in [6, 6.07) is 51.3. The Bertz CT molecular complexity index is 6670. The summed E-state index contributed by atoms with van der Waals surface area (Å²) in [6.07, 6.45) is 9.47. The van der Waals surface area contributed by atoms with Gasteiger partial charge in [-0.2, -0.15) is 20.2 Å². The number of fused-ring (bicyclic) bond motifs is 3. The van der Waals surface area contributed by atoms with Crippen molar-refractivity contribution in [3.8, 4) is 40.5 Å².